The van der Waals surface area contributed by atoms with Gasteiger partial charge in [0.15, 0.2) is 18.2 Å². The molecular formula is C25H28FN5O4. The van der Waals surface area contributed by atoms with E-state index in [-0.39, 0.29) is 36.5 Å². The topological polar surface area (TPSA) is 121 Å². The molecule has 3 atom stereocenters. The number of pyridine rings is 2. The summed E-state index contributed by atoms with van der Waals surface area (Å²) in [4.78, 5) is 20.4. The first-order valence-electron chi connectivity index (χ1n) is 11.7. The average Bonchev–Trinajstić information content (AvgIpc) is 2.88. The van der Waals surface area contributed by atoms with Crippen LogP contribution in [0.1, 0.15) is 24.1 Å². The molecule has 10 heteroatoms. The number of nitrogens with one attached hydrogen (secondary N) is 2. The van der Waals surface area contributed by atoms with Gasteiger partial charge in [0.1, 0.15) is 5.82 Å². The minimum Gasteiger partial charge on any atom is -0.481 e. The van der Waals surface area contributed by atoms with Crippen LogP contribution < -0.4 is 25.8 Å². The van der Waals surface area contributed by atoms with Crippen molar-refractivity contribution >= 4 is 22.6 Å². The number of aromatic nitrogens is 2. The van der Waals surface area contributed by atoms with E-state index in [1.165, 1.54) is 13.2 Å². The third kappa shape index (κ3) is 5.19. The van der Waals surface area contributed by atoms with Gasteiger partial charge in [0.25, 0.3) is 5.91 Å². The van der Waals surface area contributed by atoms with E-state index in [0.717, 1.165) is 23.9 Å². The standard InChI is InChI=1S/C25H28FN5O4/c1-33-23-9-3-14-2-6-18(26)17(24(14)31-23)10-19(27)20-7-5-16(12-34-20)28-11-15-4-8-21-25(29-15)30-22(32)13-35-21/h2-4,6,8-9,16,19-20,28H,5,7,10-13,27H2,1H3,(H,29,30,32)/t16-,19-,20+/m0/s1. The molecule has 35 heavy (non-hydrogen) atoms. The van der Waals surface area contributed by atoms with Crippen LogP contribution in [-0.4, -0.2) is 54.4 Å². The molecule has 0 aliphatic carbocycles. The number of nitrogens with two attached hydrogens (primary N) is 1. The van der Waals surface area contributed by atoms with E-state index in [1.54, 1.807) is 12.1 Å². The Morgan fingerprint density at radius 2 is 2.09 bits per heavy atom. The normalized spacial score (nSPS) is 20.6. The van der Waals surface area contributed by atoms with E-state index in [1.807, 2.05) is 18.2 Å². The number of benzene rings is 1. The van der Waals surface area contributed by atoms with Crippen molar-refractivity contribution < 1.29 is 23.4 Å². The number of carbonyl (C=O) groups is 1. The minimum atomic E-state index is -0.366. The van der Waals surface area contributed by atoms with Gasteiger partial charge < -0.3 is 30.6 Å². The largest absolute Gasteiger partial charge is 0.481 e. The predicted molar refractivity (Wildman–Crippen MR) is 128 cm³/mol. The fraction of sp³-hybridized carbons (Fsp3) is 0.400. The van der Waals surface area contributed by atoms with Crippen molar-refractivity contribution in [2.24, 2.45) is 5.73 Å². The van der Waals surface area contributed by atoms with E-state index in [4.69, 9.17) is 19.9 Å². The fourth-order valence-electron chi connectivity index (χ4n) is 4.50. The molecule has 9 nitrogen and oxygen atoms in total. The van der Waals surface area contributed by atoms with Crippen LogP contribution in [-0.2, 0) is 22.5 Å². The van der Waals surface area contributed by atoms with Gasteiger partial charge in [-0.05, 0) is 49.6 Å². The highest BCUT2D eigenvalue weighted by molar-refractivity contribution is 5.94. The maximum atomic E-state index is 14.7. The first-order chi connectivity index (χ1) is 17.0. The molecule has 2 aromatic heterocycles. The summed E-state index contributed by atoms with van der Waals surface area (Å²) in [5, 5.41) is 7.00. The molecule has 0 bridgehead atoms. The van der Waals surface area contributed by atoms with Gasteiger partial charge in [-0.15, -0.1) is 0 Å². The molecule has 4 N–H and O–H groups in total. The number of hydrogen-bond donors (Lipinski definition) is 3. The lowest BCUT2D eigenvalue weighted by molar-refractivity contribution is -0.118. The van der Waals surface area contributed by atoms with Crippen molar-refractivity contribution in [3.8, 4) is 11.6 Å². The number of halogens is 1. The maximum Gasteiger partial charge on any atom is 0.263 e. The molecule has 2 aliphatic heterocycles. The Hall–Kier alpha value is -3.34. The molecule has 0 spiro atoms. The first kappa shape index (κ1) is 23.4. The number of hydrogen-bond acceptors (Lipinski definition) is 8. The van der Waals surface area contributed by atoms with Crippen LogP contribution >= 0.6 is 0 Å². The number of nitrogens with zero attached hydrogens (tertiary/aromatic N) is 2. The summed E-state index contributed by atoms with van der Waals surface area (Å²) in [5.41, 5.74) is 8.31. The van der Waals surface area contributed by atoms with Gasteiger partial charge in [0.05, 0.1) is 31.0 Å². The van der Waals surface area contributed by atoms with Crippen molar-refractivity contribution in [1.82, 2.24) is 15.3 Å². The molecule has 1 fully saturated rings. The third-order valence-corrected chi connectivity index (χ3v) is 6.43. The average molecular weight is 482 g/mol. The molecule has 3 aromatic rings. The molecule has 2 aliphatic rings. The number of amides is 1. The van der Waals surface area contributed by atoms with Crippen molar-refractivity contribution in [2.75, 3.05) is 25.6 Å². The molecule has 184 valence electrons. The lowest BCUT2D eigenvalue weighted by atomic mass is 9.94. The summed E-state index contributed by atoms with van der Waals surface area (Å²) >= 11 is 0. The number of rotatable bonds is 7. The summed E-state index contributed by atoms with van der Waals surface area (Å²) in [5.74, 6) is 0.908. The zero-order valence-electron chi connectivity index (χ0n) is 19.4. The molecular weight excluding hydrogens is 453 g/mol. The molecule has 1 saturated heterocycles. The summed E-state index contributed by atoms with van der Waals surface area (Å²) in [6, 6.07) is 10.2. The number of fused-ring (bicyclic) bond motifs is 2. The van der Waals surface area contributed by atoms with E-state index >= 15 is 0 Å². The highest BCUT2D eigenvalue weighted by atomic mass is 19.1. The van der Waals surface area contributed by atoms with E-state index in [2.05, 4.69) is 20.6 Å². The quantitative estimate of drug-likeness (QED) is 0.470. The van der Waals surface area contributed by atoms with Gasteiger partial charge in [0.2, 0.25) is 5.88 Å². The van der Waals surface area contributed by atoms with Crippen LogP contribution in [0.5, 0.6) is 11.6 Å². The second kappa shape index (κ2) is 10.1. The molecule has 1 amide bonds. The maximum absolute atomic E-state index is 14.7. The van der Waals surface area contributed by atoms with Crippen molar-refractivity contribution in [2.45, 2.75) is 44.0 Å². The summed E-state index contributed by atoms with van der Waals surface area (Å²) < 4.78 is 31.3. The van der Waals surface area contributed by atoms with Gasteiger partial charge in [0, 0.05) is 35.6 Å². The molecule has 5 rings (SSSR count). The summed E-state index contributed by atoms with van der Waals surface area (Å²) in [6.07, 6.45) is 1.76. The molecule has 4 heterocycles. The third-order valence-electron chi connectivity index (χ3n) is 6.43. The lowest BCUT2D eigenvalue weighted by Crippen LogP contribution is -2.47. The Morgan fingerprint density at radius 1 is 1.23 bits per heavy atom. The van der Waals surface area contributed by atoms with Gasteiger partial charge in [-0.2, -0.15) is 0 Å². The van der Waals surface area contributed by atoms with Crippen LogP contribution in [0.25, 0.3) is 10.9 Å². The summed E-state index contributed by atoms with van der Waals surface area (Å²) in [6.45, 7) is 1.03. The van der Waals surface area contributed by atoms with Crippen molar-refractivity contribution in [1.29, 1.82) is 0 Å². The Balaban J connectivity index is 1.16. The Bertz CT molecular complexity index is 1230. The van der Waals surface area contributed by atoms with Crippen LogP contribution in [0, 0.1) is 5.82 Å². The van der Waals surface area contributed by atoms with Crippen molar-refractivity contribution in [3.63, 3.8) is 0 Å². The number of ether oxygens (including phenoxy) is 3. The lowest BCUT2D eigenvalue weighted by Gasteiger charge is -2.33. The zero-order valence-corrected chi connectivity index (χ0v) is 19.4. The highest BCUT2D eigenvalue weighted by Gasteiger charge is 2.28. The SMILES string of the molecule is COc1ccc2ccc(F)c(C[C@H](N)[C@H]3CC[C@H](NCc4ccc5c(n4)NC(=O)CO5)CO3)c2n1. The van der Waals surface area contributed by atoms with Gasteiger partial charge in [-0.3, -0.25) is 4.79 Å². The van der Waals surface area contributed by atoms with Gasteiger partial charge in [-0.1, -0.05) is 0 Å². The van der Waals surface area contributed by atoms with Crippen LogP contribution in [0.15, 0.2) is 36.4 Å². The molecule has 0 saturated carbocycles. The second-order valence-electron chi connectivity index (χ2n) is 8.83. The Labute approximate surface area is 202 Å². The molecule has 0 radical (unpaired) electrons. The van der Waals surface area contributed by atoms with E-state index < -0.39 is 0 Å². The minimum absolute atomic E-state index is 0.00678. The van der Waals surface area contributed by atoms with Crippen LogP contribution in [0.4, 0.5) is 10.2 Å². The van der Waals surface area contributed by atoms with Crippen LogP contribution in [0.3, 0.4) is 0 Å². The Morgan fingerprint density at radius 3 is 2.89 bits per heavy atom. The monoisotopic (exact) mass is 481 g/mol. The molecule has 0 unspecified atom stereocenters. The zero-order chi connectivity index (χ0) is 24.4. The van der Waals surface area contributed by atoms with Gasteiger partial charge >= 0.3 is 0 Å². The van der Waals surface area contributed by atoms with E-state index in [0.29, 0.717) is 48.1 Å². The number of methoxy groups -OCH3 is 1. The molecule has 1 aromatic carbocycles. The summed E-state index contributed by atoms with van der Waals surface area (Å²) in [7, 11) is 1.53. The number of carbonyl (C=O) groups excluding carboxylic acids is 1. The smallest absolute Gasteiger partial charge is 0.263 e. The van der Waals surface area contributed by atoms with Crippen LogP contribution in [0.2, 0.25) is 0 Å². The van der Waals surface area contributed by atoms with Gasteiger partial charge in [-0.25, -0.2) is 14.4 Å². The highest BCUT2D eigenvalue weighted by Crippen LogP contribution is 2.27. The predicted octanol–water partition coefficient (Wildman–Crippen LogP) is 2.32. The van der Waals surface area contributed by atoms with E-state index in [9.17, 15) is 9.18 Å². The number of anilines is 1. The fourth-order valence-corrected chi connectivity index (χ4v) is 4.50. The second-order valence-corrected chi connectivity index (χ2v) is 8.83. The Kier molecular flexibility index (Phi) is 6.76. The van der Waals surface area contributed by atoms with Crippen molar-refractivity contribution in [3.05, 3.63) is 53.5 Å². The first-order valence-corrected chi connectivity index (χ1v) is 11.7.